The second-order valence-electron chi connectivity index (χ2n) is 4.61. The Hall–Kier alpha value is -2.88. The first-order valence-electron chi connectivity index (χ1n) is 6.44. The smallest absolute Gasteiger partial charge is 0.328 e. The van der Waals surface area contributed by atoms with Crippen LogP contribution in [0.1, 0.15) is 21.5 Å². The monoisotopic (exact) mass is 281 g/mol. The summed E-state index contributed by atoms with van der Waals surface area (Å²) >= 11 is 0. The number of aliphatic carboxylic acids is 1. The van der Waals surface area contributed by atoms with Crippen molar-refractivity contribution in [1.82, 2.24) is 0 Å². The van der Waals surface area contributed by atoms with E-state index in [1.165, 1.54) is 6.08 Å². The van der Waals surface area contributed by atoms with Gasteiger partial charge in [0.25, 0.3) is 5.91 Å². The maximum atomic E-state index is 12.1. The zero-order valence-corrected chi connectivity index (χ0v) is 11.5. The van der Waals surface area contributed by atoms with Gasteiger partial charge in [0.2, 0.25) is 0 Å². The molecule has 0 heterocycles. The molecule has 0 unspecified atom stereocenters. The van der Waals surface area contributed by atoms with E-state index in [0.717, 1.165) is 22.9 Å². The molecule has 0 aromatic heterocycles. The molecule has 0 bridgehead atoms. The number of aryl methyl sites for hydroxylation is 1. The third-order valence-corrected chi connectivity index (χ3v) is 2.90. The van der Waals surface area contributed by atoms with Crippen LogP contribution in [0.15, 0.2) is 54.6 Å². The quantitative estimate of drug-likeness (QED) is 0.845. The van der Waals surface area contributed by atoms with Crippen LogP contribution in [0.2, 0.25) is 0 Å². The van der Waals surface area contributed by atoms with Gasteiger partial charge in [-0.3, -0.25) is 4.79 Å². The molecule has 2 aromatic carbocycles. The number of hydrogen-bond acceptors (Lipinski definition) is 2. The number of rotatable bonds is 4. The van der Waals surface area contributed by atoms with Crippen molar-refractivity contribution in [3.63, 3.8) is 0 Å². The van der Waals surface area contributed by atoms with E-state index >= 15 is 0 Å². The van der Waals surface area contributed by atoms with Gasteiger partial charge >= 0.3 is 5.97 Å². The lowest BCUT2D eigenvalue weighted by Crippen LogP contribution is -2.11. The van der Waals surface area contributed by atoms with Gasteiger partial charge in [-0.1, -0.05) is 29.8 Å². The second-order valence-corrected chi connectivity index (χ2v) is 4.61. The molecule has 0 aliphatic rings. The lowest BCUT2D eigenvalue weighted by Gasteiger charge is -2.05. The minimum atomic E-state index is -1.00. The molecule has 0 aliphatic carbocycles. The van der Waals surface area contributed by atoms with Crippen LogP contribution in [0.4, 0.5) is 5.69 Å². The van der Waals surface area contributed by atoms with Gasteiger partial charge in [-0.2, -0.15) is 0 Å². The summed E-state index contributed by atoms with van der Waals surface area (Å²) in [7, 11) is 0. The van der Waals surface area contributed by atoms with Crippen LogP contribution in [-0.4, -0.2) is 17.0 Å². The molecule has 2 aromatic rings. The second kappa shape index (κ2) is 6.52. The highest BCUT2D eigenvalue weighted by atomic mass is 16.4. The predicted molar refractivity (Wildman–Crippen MR) is 82.2 cm³/mol. The van der Waals surface area contributed by atoms with Crippen LogP contribution in [0.3, 0.4) is 0 Å². The first kappa shape index (κ1) is 14.5. The number of carboxylic acid groups (broad SMARTS) is 1. The molecule has 0 radical (unpaired) electrons. The number of carboxylic acids is 1. The van der Waals surface area contributed by atoms with Crippen LogP contribution < -0.4 is 5.32 Å². The molecule has 106 valence electrons. The van der Waals surface area contributed by atoms with E-state index < -0.39 is 5.97 Å². The Balaban J connectivity index is 2.06. The Labute approximate surface area is 122 Å². The normalized spacial score (nSPS) is 10.5. The zero-order chi connectivity index (χ0) is 15.2. The first-order valence-corrected chi connectivity index (χ1v) is 6.44. The van der Waals surface area contributed by atoms with Crippen LogP contribution >= 0.6 is 0 Å². The topological polar surface area (TPSA) is 66.4 Å². The molecule has 4 nitrogen and oxygen atoms in total. The fourth-order valence-corrected chi connectivity index (χ4v) is 1.75. The van der Waals surface area contributed by atoms with Gasteiger partial charge in [-0.15, -0.1) is 0 Å². The summed E-state index contributed by atoms with van der Waals surface area (Å²) in [6.45, 7) is 1.98. The lowest BCUT2D eigenvalue weighted by atomic mass is 10.1. The minimum absolute atomic E-state index is 0.201. The molecule has 2 rings (SSSR count). The molecule has 21 heavy (non-hydrogen) atoms. The Morgan fingerprint density at radius 2 is 1.62 bits per heavy atom. The Morgan fingerprint density at radius 3 is 2.19 bits per heavy atom. The van der Waals surface area contributed by atoms with Crippen molar-refractivity contribution < 1.29 is 14.7 Å². The molecule has 2 N–H and O–H groups in total. The van der Waals surface area contributed by atoms with E-state index in [9.17, 15) is 9.59 Å². The van der Waals surface area contributed by atoms with E-state index in [4.69, 9.17) is 5.11 Å². The molecule has 1 amide bonds. The maximum Gasteiger partial charge on any atom is 0.328 e. The Bertz CT molecular complexity index is 670. The predicted octanol–water partition coefficient (Wildman–Crippen LogP) is 3.35. The number of carbonyl (C=O) groups excluding carboxylic acids is 1. The van der Waals surface area contributed by atoms with Gasteiger partial charge in [0, 0.05) is 17.3 Å². The first-order chi connectivity index (χ1) is 10.0. The fourth-order valence-electron chi connectivity index (χ4n) is 1.75. The van der Waals surface area contributed by atoms with Crippen molar-refractivity contribution in [2.24, 2.45) is 0 Å². The third-order valence-electron chi connectivity index (χ3n) is 2.90. The molecule has 0 saturated heterocycles. The Morgan fingerprint density at radius 1 is 1.00 bits per heavy atom. The van der Waals surface area contributed by atoms with Crippen molar-refractivity contribution >= 4 is 23.6 Å². The van der Waals surface area contributed by atoms with Crippen molar-refractivity contribution in [2.75, 3.05) is 5.32 Å². The van der Waals surface area contributed by atoms with Gasteiger partial charge in [-0.25, -0.2) is 4.79 Å². The van der Waals surface area contributed by atoms with E-state index in [0.29, 0.717) is 5.56 Å². The largest absolute Gasteiger partial charge is 0.478 e. The Kier molecular flexibility index (Phi) is 4.51. The summed E-state index contributed by atoms with van der Waals surface area (Å²) in [5, 5.41) is 11.4. The van der Waals surface area contributed by atoms with Gasteiger partial charge in [0.1, 0.15) is 0 Å². The number of hydrogen-bond donors (Lipinski definition) is 2. The highest BCUT2D eigenvalue weighted by molar-refractivity contribution is 6.04. The van der Waals surface area contributed by atoms with Gasteiger partial charge in [0.15, 0.2) is 0 Å². The van der Waals surface area contributed by atoms with Gasteiger partial charge in [-0.05, 0) is 42.8 Å². The highest BCUT2D eigenvalue weighted by Gasteiger charge is 2.05. The van der Waals surface area contributed by atoms with Crippen LogP contribution in [0, 0.1) is 6.92 Å². The highest BCUT2D eigenvalue weighted by Crippen LogP contribution is 2.12. The zero-order valence-electron chi connectivity index (χ0n) is 11.5. The summed E-state index contributed by atoms with van der Waals surface area (Å²) in [4.78, 5) is 22.5. The van der Waals surface area contributed by atoms with E-state index in [1.54, 1.807) is 24.3 Å². The van der Waals surface area contributed by atoms with Gasteiger partial charge < -0.3 is 10.4 Å². The number of benzene rings is 2. The molecule has 0 spiro atoms. The van der Waals surface area contributed by atoms with E-state index in [2.05, 4.69) is 5.32 Å². The number of amides is 1. The molecule has 4 heteroatoms. The average Bonchev–Trinajstić information content (AvgIpc) is 2.48. The minimum Gasteiger partial charge on any atom is -0.478 e. The maximum absolute atomic E-state index is 12.1. The molecule has 0 saturated carbocycles. The van der Waals surface area contributed by atoms with E-state index in [-0.39, 0.29) is 5.91 Å². The molecular formula is C17H15NO3. The lowest BCUT2D eigenvalue weighted by molar-refractivity contribution is -0.131. The number of carbonyl (C=O) groups is 2. The number of anilines is 1. The van der Waals surface area contributed by atoms with Crippen LogP contribution in [0.5, 0.6) is 0 Å². The molecule has 0 aliphatic heterocycles. The van der Waals surface area contributed by atoms with E-state index in [1.807, 2.05) is 31.2 Å². The van der Waals surface area contributed by atoms with Crippen molar-refractivity contribution in [3.8, 4) is 0 Å². The van der Waals surface area contributed by atoms with Gasteiger partial charge in [0.05, 0.1) is 0 Å². The van der Waals surface area contributed by atoms with Crippen molar-refractivity contribution in [3.05, 3.63) is 71.3 Å². The number of nitrogens with one attached hydrogen (secondary N) is 1. The third kappa shape index (κ3) is 4.31. The molecular weight excluding hydrogens is 266 g/mol. The average molecular weight is 281 g/mol. The summed E-state index contributed by atoms with van der Waals surface area (Å²) in [6, 6.07) is 14.3. The van der Waals surface area contributed by atoms with Crippen LogP contribution in [0.25, 0.3) is 6.08 Å². The summed E-state index contributed by atoms with van der Waals surface area (Å²) in [6.07, 6.45) is 2.53. The van der Waals surface area contributed by atoms with Crippen molar-refractivity contribution in [1.29, 1.82) is 0 Å². The molecule has 0 atom stereocenters. The van der Waals surface area contributed by atoms with Crippen LogP contribution in [-0.2, 0) is 4.79 Å². The summed E-state index contributed by atoms with van der Waals surface area (Å²) < 4.78 is 0. The SMILES string of the molecule is Cc1ccc(NC(=O)c2ccc(C=CC(=O)O)cc2)cc1. The summed E-state index contributed by atoms with van der Waals surface area (Å²) in [5.41, 5.74) is 3.11. The standard InChI is InChI=1S/C17H15NO3/c1-12-2-9-15(10-3-12)18-17(21)14-7-4-13(5-8-14)6-11-16(19)20/h2-11H,1H3,(H,18,21)(H,19,20). The molecule has 0 fully saturated rings. The summed E-state index contributed by atoms with van der Waals surface area (Å²) in [5.74, 6) is -1.20. The fraction of sp³-hybridized carbons (Fsp3) is 0.0588. The van der Waals surface area contributed by atoms with Crippen molar-refractivity contribution in [2.45, 2.75) is 6.92 Å².